The molecule has 15 nitrogen and oxygen atoms in total. The van der Waals surface area contributed by atoms with Crippen LogP contribution in [0.1, 0.15) is 36.8 Å². The number of carbonyl (C=O) groups is 5. The summed E-state index contributed by atoms with van der Waals surface area (Å²) in [7, 11) is 2.93. The number of carboxylic acids is 1. The third-order valence-electron chi connectivity index (χ3n) is 5.68. The van der Waals surface area contributed by atoms with Crippen molar-refractivity contribution in [3.05, 3.63) is 35.4 Å². The van der Waals surface area contributed by atoms with Gasteiger partial charge in [-0.25, -0.2) is 0 Å². The predicted molar refractivity (Wildman–Crippen MR) is 142 cm³/mol. The summed E-state index contributed by atoms with van der Waals surface area (Å²) in [5.74, 6) is -5.91. The fraction of sp³-hybridized carbons (Fsp3) is 0.458. The van der Waals surface area contributed by atoms with E-state index in [9.17, 15) is 24.0 Å². The molecule has 0 spiro atoms. The smallest absolute Gasteiger partial charge is 0.303 e. The van der Waals surface area contributed by atoms with Crippen molar-refractivity contribution >= 4 is 41.4 Å². The SMILES string of the molecule is CN(C)C(=O)C(Cc1ccc(C(=N)N)cc1)C(=O)N[C@@H](CCC(=O)O)C(=O)N[C@@H](CCCNC(=N)N)C(N)=O. The van der Waals surface area contributed by atoms with Gasteiger partial charge in [0, 0.05) is 32.6 Å². The van der Waals surface area contributed by atoms with Crippen LogP contribution in [0.4, 0.5) is 0 Å². The number of nitrogens with two attached hydrogens (primary N) is 3. The van der Waals surface area contributed by atoms with E-state index in [1.54, 1.807) is 24.3 Å². The Balaban J connectivity index is 3.09. The lowest BCUT2D eigenvalue weighted by atomic mass is 9.95. The molecule has 1 aromatic rings. The average Bonchev–Trinajstić information content (AvgIpc) is 2.85. The van der Waals surface area contributed by atoms with Crippen LogP contribution in [0, 0.1) is 16.7 Å². The molecule has 0 heterocycles. The molecule has 15 heteroatoms. The Kier molecular flexibility index (Phi) is 12.9. The molecule has 1 aromatic carbocycles. The van der Waals surface area contributed by atoms with Gasteiger partial charge in [0.1, 0.15) is 23.8 Å². The highest BCUT2D eigenvalue weighted by molar-refractivity contribution is 6.02. The second-order valence-corrected chi connectivity index (χ2v) is 9.04. The van der Waals surface area contributed by atoms with Gasteiger partial charge in [-0.2, -0.15) is 0 Å². The van der Waals surface area contributed by atoms with Crippen molar-refractivity contribution in [2.45, 2.75) is 44.2 Å². The topological polar surface area (TPSA) is 271 Å². The highest BCUT2D eigenvalue weighted by Gasteiger charge is 2.33. The van der Waals surface area contributed by atoms with Gasteiger partial charge in [0.25, 0.3) is 0 Å². The van der Waals surface area contributed by atoms with Gasteiger partial charge >= 0.3 is 5.97 Å². The predicted octanol–water partition coefficient (Wildman–Crippen LogP) is -2.20. The average molecular weight is 548 g/mol. The number of nitrogens with zero attached hydrogens (tertiary/aromatic N) is 1. The first-order chi connectivity index (χ1) is 18.2. The molecular formula is C24H37N9O6. The van der Waals surface area contributed by atoms with Crippen molar-refractivity contribution in [3.8, 4) is 0 Å². The number of amidine groups is 1. The van der Waals surface area contributed by atoms with E-state index in [0.29, 0.717) is 17.5 Å². The Morgan fingerprint density at radius 3 is 2.00 bits per heavy atom. The largest absolute Gasteiger partial charge is 0.481 e. The molecule has 12 N–H and O–H groups in total. The van der Waals surface area contributed by atoms with Crippen LogP contribution < -0.4 is 33.2 Å². The first kappa shape index (κ1) is 32.3. The maximum Gasteiger partial charge on any atom is 0.303 e. The van der Waals surface area contributed by atoms with Crippen LogP contribution in [0.3, 0.4) is 0 Å². The van der Waals surface area contributed by atoms with Gasteiger partial charge in [-0.05, 0) is 31.2 Å². The molecule has 214 valence electrons. The van der Waals surface area contributed by atoms with Crippen LogP contribution in [0.15, 0.2) is 24.3 Å². The van der Waals surface area contributed by atoms with Gasteiger partial charge in [0.2, 0.25) is 23.6 Å². The van der Waals surface area contributed by atoms with Gasteiger partial charge in [0.05, 0.1) is 0 Å². The summed E-state index contributed by atoms with van der Waals surface area (Å²) < 4.78 is 0. The van der Waals surface area contributed by atoms with E-state index < -0.39 is 54.0 Å². The number of benzene rings is 1. The number of hydrogen-bond acceptors (Lipinski definition) is 7. The molecule has 0 aliphatic carbocycles. The van der Waals surface area contributed by atoms with Crippen molar-refractivity contribution < 1.29 is 29.1 Å². The van der Waals surface area contributed by atoms with Crippen molar-refractivity contribution in [3.63, 3.8) is 0 Å². The normalized spacial score (nSPS) is 12.8. The molecule has 0 aromatic heterocycles. The van der Waals surface area contributed by atoms with Crippen molar-refractivity contribution in [1.82, 2.24) is 20.9 Å². The Hall–Kier alpha value is -4.69. The molecule has 3 atom stereocenters. The molecule has 4 amide bonds. The van der Waals surface area contributed by atoms with Crippen LogP contribution >= 0.6 is 0 Å². The molecule has 0 aliphatic rings. The summed E-state index contributed by atoms with van der Waals surface area (Å²) in [5.41, 5.74) is 17.1. The fourth-order valence-electron chi connectivity index (χ4n) is 3.56. The maximum absolute atomic E-state index is 13.3. The van der Waals surface area contributed by atoms with Crippen molar-refractivity contribution in [2.75, 3.05) is 20.6 Å². The zero-order valence-electron chi connectivity index (χ0n) is 22.0. The Bertz CT molecular complexity index is 1070. The fourth-order valence-corrected chi connectivity index (χ4v) is 3.56. The van der Waals surface area contributed by atoms with Gasteiger partial charge in [-0.1, -0.05) is 24.3 Å². The van der Waals surface area contributed by atoms with Gasteiger partial charge in [0.15, 0.2) is 5.96 Å². The highest BCUT2D eigenvalue weighted by Crippen LogP contribution is 2.14. The van der Waals surface area contributed by atoms with Gasteiger partial charge < -0.3 is 43.2 Å². The Morgan fingerprint density at radius 1 is 0.923 bits per heavy atom. The molecular weight excluding hydrogens is 510 g/mol. The van der Waals surface area contributed by atoms with Crippen molar-refractivity contribution in [1.29, 1.82) is 10.8 Å². The lowest BCUT2D eigenvalue weighted by molar-refractivity contribution is -0.143. The molecule has 0 bridgehead atoms. The molecule has 1 rings (SSSR count). The molecule has 0 radical (unpaired) electrons. The van der Waals surface area contributed by atoms with Gasteiger partial charge in [-0.15, -0.1) is 0 Å². The van der Waals surface area contributed by atoms with Gasteiger partial charge in [-0.3, -0.25) is 34.8 Å². The number of carboxylic acid groups (broad SMARTS) is 1. The van der Waals surface area contributed by atoms with Crippen LogP contribution in [-0.4, -0.2) is 84.1 Å². The molecule has 0 saturated carbocycles. The number of aliphatic carboxylic acids is 1. The second-order valence-electron chi connectivity index (χ2n) is 9.04. The summed E-state index contributed by atoms with van der Waals surface area (Å²) >= 11 is 0. The minimum Gasteiger partial charge on any atom is -0.481 e. The minimum absolute atomic E-state index is 0.0403. The molecule has 0 fully saturated rings. The quantitative estimate of drug-likeness (QED) is 0.0469. The molecule has 39 heavy (non-hydrogen) atoms. The number of nitrogen functional groups attached to an aromatic ring is 1. The van der Waals surface area contributed by atoms with Crippen LogP contribution in [-0.2, 0) is 30.4 Å². The van der Waals surface area contributed by atoms with E-state index in [0.717, 1.165) is 0 Å². The molecule has 0 aliphatic heterocycles. The lowest BCUT2D eigenvalue weighted by Crippen LogP contribution is -2.55. The second kappa shape index (κ2) is 15.5. The lowest BCUT2D eigenvalue weighted by Gasteiger charge is -2.25. The van der Waals surface area contributed by atoms with Crippen LogP contribution in [0.5, 0.6) is 0 Å². The zero-order chi connectivity index (χ0) is 29.7. The Morgan fingerprint density at radius 2 is 1.51 bits per heavy atom. The van der Waals surface area contributed by atoms with E-state index >= 15 is 0 Å². The Labute approximate surface area is 225 Å². The first-order valence-corrected chi connectivity index (χ1v) is 12.1. The number of nitrogens with one attached hydrogen (secondary N) is 5. The number of hydrogen-bond donors (Lipinski definition) is 9. The first-order valence-electron chi connectivity index (χ1n) is 12.1. The number of carbonyl (C=O) groups excluding carboxylic acids is 4. The summed E-state index contributed by atoms with van der Waals surface area (Å²) in [6.45, 7) is 0.246. The third kappa shape index (κ3) is 11.5. The van der Waals surface area contributed by atoms with Crippen LogP contribution in [0.25, 0.3) is 0 Å². The number of rotatable bonds is 16. The van der Waals surface area contributed by atoms with E-state index in [2.05, 4.69) is 16.0 Å². The monoisotopic (exact) mass is 547 g/mol. The summed E-state index contributed by atoms with van der Waals surface area (Å²) in [4.78, 5) is 63.4. The summed E-state index contributed by atoms with van der Waals surface area (Å²) in [5, 5.41) is 31.2. The van der Waals surface area contributed by atoms with E-state index in [-0.39, 0.29) is 37.6 Å². The van der Waals surface area contributed by atoms with E-state index in [1.165, 1.54) is 19.0 Å². The number of primary amides is 1. The zero-order valence-corrected chi connectivity index (χ0v) is 22.0. The van der Waals surface area contributed by atoms with Crippen LogP contribution in [0.2, 0.25) is 0 Å². The highest BCUT2D eigenvalue weighted by atomic mass is 16.4. The number of amides is 4. The van der Waals surface area contributed by atoms with Crippen molar-refractivity contribution in [2.24, 2.45) is 23.1 Å². The van der Waals surface area contributed by atoms with E-state index in [4.69, 9.17) is 33.1 Å². The number of guanidine groups is 1. The summed E-state index contributed by atoms with van der Waals surface area (Å²) in [6.07, 6.45) is -0.400. The maximum atomic E-state index is 13.3. The van der Waals surface area contributed by atoms with E-state index in [1.807, 2.05) is 0 Å². The third-order valence-corrected chi connectivity index (χ3v) is 5.68. The summed E-state index contributed by atoms with van der Waals surface area (Å²) in [6, 6.07) is 3.88. The molecule has 0 saturated heterocycles. The standard InChI is InChI=1S/C24H37N9O6/c1-33(2)23(39)15(12-13-5-7-14(8-6-13)19(25)26)21(37)32-17(9-10-18(34)35)22(38)31-16(20(27)36)4-3-11-30-24(28)29/h5-8,15-17H,3-4,9-12H2,1-2H3,(H3,25,26)(H2,27,36)(H,31,38)(H,32,37)(H,34,35)(H4,28,29,30)/t15?,16-,17-/m0/s1. The minimum atomic E-state index is -1.37. The molecule has 1 unspecified atom stereocenters.